The maximum absolute atomic E-state index is 12.6. The summed E-state index contributed by atoms with van der Waals surface area (Å²) < 4.78 is 21.5. The standard InChI is InChI=1S/C18H25NO6/c1-11-9-14(12-3-6-23-7-4-12)25-18(21)16(11)17(20)19-13-5-8-24-10-15(13)22-2/h9,12-13,15H,3-8,10H2,1-2H3,(H,19,20)/t13-,15-/m0/s1. The molecule has 2 fully saturated rings. The average molecular weight is 351 g/mol. The number of hydrogen-bond acceptors (Lipinski definition) is 6. The largest absolute Gasteiger partial charge is 0.427 e. The molecule has 0 bridgehead atoms. The number of rotatable bonds is 4. The van der Waals surface area contributed by atoms with Gasteiger partial charge in [0.1, 0.15) is 17.4 Å². The van der Waals surface area contributed by atoms with Gasteiger partial charge in [0.25, 0.3) is 5.91 Å². The number of aryl methyl sites for hydroxylation is 1. The van der Waals surface area contributed by atoms with Crippen molar-refractivity contribution in [2.45, 2.75) is 44.2 Å². The molecule has 1 amide bonds. The number of methoxy groups -OCH3 is 1. The van der Waals surface area contributed by atoms with Crippen molar-refractivity contribution in [3.63, 3.8) is 0 Å². The van der Waals surface area contributed by atoms with E-state index in [1.165, 1.54) is 0 Å². The molecular weight excluding hydrogens is 326 g/mol. The number of carbonyl (C=O) groups is 1. The highest BCUT2D eigenvalue weighted by Crippen LogP contribution is 2.27. The van der Waals surface area contributed by atoms with Gasteiger partial charge in [0.15, 0.2) is 0 Å². The Morgan fingerprint density at radius 3 is 2.60 bits per heavy atom. The molecule has 0 aliphatic carbocycles. The van der Waals surface area contributed by atoms with Gasteiger partial charge in [-0.05, 0) is 37.8 Å². The van der Waals surface area contributed by atoms with E-state index in [-0.39, 0.29) is 23.6 Å². The summed E-state index contributed by atoms with van der Waals surface area (Å²) in [5.74, 6) is 0.396. The van der Waals surface area contributed by atoms with Gasteiger partial charge in [-0.1, -0.05) is 0 Å². The maximum Gasteiger partial charge on any atom is 0.349 e. The lowest BCUT2D eigenvalue weighted by Gasteiger charge is -2.31. The number of hydrogen-bond donors (Lipinski definition) is 1. The fourth-order valence-electron chi connectivity index (χ4n) is 3.44. The highest BCUT2D eigenvalue weighted by molar-refractivity contribution is 5.95. The van der Waals surface area contributed by atoms with E-state index in [0.717, 1.165) is 12.8 Å². The van der Waals surface area contributed by atoms with Crippen LogP contribution in [0.1, 0.15) is 46.9 Å². The third-order valence-electron chi connectivity index (χ3n) is 4.94. The Balaban J connectivity index is 1.77. The van der Waals surface area contributed by atoms with Crippen LogP contribution in [0.25, 0.3) is 0 Å². The summed E-state index contributed by atoms with van der Waals surface area (Å²) >= 11 is 0. The molecule has 7 nitrogen and oxygen atoms in total. The van der Waals surface area contributed by atoms with Gasteiger partial charge in [0, 0.05) is 32.8 Å². The van der Waals surface area contributed by atoms with Crippen LogP contribution in [0.3, 0.4) is 0 Å². The van der Waals surface area contributed by atoms with Crippen molar-refractivity contribution in [2.75, 3.05) is 33.5 Å². The van der Waals surface area contributed by atoms with Crippen molar-refractivity contribution >= 4 is 5.91 Å². The quantitative estimate of drug-likeness (QED) is 0.882. The third kappa shape index (κ3) is 4.11. The molecule has 0 unspecified atom stereocenters. The SMILES string of the molecule is CO[C@H]1COCC[C@@H]1NC(=O)c1c(C)cc(C2CCOCC2)oc1=O. The van der Waals surface area contributed by atoms with Crippen LogP contribution in [0.2, 0.25) is 0 Å². The third-order valence-corrected chi connectivity index (χ3v) is 4.94. The summed E-state index contributed by atoms with van der Waals surface area (Å²) in [4.78, 5) is 25.0. The van der Waals surface area contributed by atoms with E-state index < -0.39 is 11.5 Å². The van der Waals surface area contributed by atoms with Gasteiger partial charge in [0.2, 0.25) is 0 Å². The second-order valence-corrected chi connectivity index (χ2v) is 6.60. The second-order valence-electron chi connectivity index (χ2n) is 6.60. The van der Waals surface area contributed by atoms with Gasteiger partial charge in [-0.25, -0.2) is 4.79 Å². The summed E-state index contributed by atoms with van der Waals surface area (Å²) in [6.07, 6.45) is 2.08. The molecule has 0 saturated carbocycles. The van der Waals surface area contributed by atoms with Gasteiger partial charge < -0.3 is 23.9 Å². The monoisotopic (exact) mass is 351 g/mol. The normalized spacial score (nSPS) is 24.9. The molecule has 25 heavy (non-hydrogen) atoms. The van der Waals surface area contributed by atoms with E-state index in [4.69, 9.17) is 18.6 Å². The maximum atomic E-state index is 12.6. The molecular formula is C18H25NO6. The molecule has 7 heteroatoms. The molecule has 0 aromatic carbocycles. The molecule has 138 valence electrons. The van der Waals surface area contributed by atoms with Crippen molar-refractivity contribution in [1.29, 1.82) is 0 Å². The molecule has 2 aliphatic rings. The summed E-state index contributed by atoms with van der Waals surface area (Å²) in [5, 5.41) is 2.89. The van der Waals surface area contributed by atoms with Crippen LogP contribution >= 0.6 is 0 Å². The van der Waals surface area contributed by atoms with Crippen LogP contribution in [0.5, 0.6) is 0 Å². The highest BCUT2D eigenvalue weighted by atomic mass is 16.5. The van der Waals surface area contributed by atoms with Crippen LogP contribution in [0.15, 0.2) is 15.3 Å². The first-order valence-corrected chi connectivity index (χ1v) is 8.74. The van der Waals surface area contributed by atoms with Crippen LogP contribution in [-0.2, 0) is 14.2 Å². The van der Waals surface area contributed by atoms with E-state index in [0.29, 0.717) is 44.2 Å². The molecule has 1 N–H and O–H groups in total. The molecule has 3 heterocycles. The van der Waals surface area contributed by atoms with Gasteiger partial charge in [-0.3, -0.25) is 4.79 Å². The first-order valence-electron chi connectivity index (χ1n) is 8.74. The molecule has 2 atom stereocenters. The Hall–Kier alpha value is -1.70. The van der Waals surface area contributed by atoms with Crippen molar-refractivity contribution in [3.05, 3.63) is 33.4 Å². The van der Waals surface area contributed by atoms with Gasteiger partial charge in [-0.2, -0.15) is 0 Å². The Morgan fingerprint density at radius 2 is 1.92 bits per heavy atom. The molecule has 0 spiro atoms. The number of amides is 1. The summed E-state index contributed by atoms with van der Waals surface area (Å²) in [6, 6.07) is 1.63. The van der Waals surface area contributed by atoms with Gasteiger partial charge >= 0.3 is 5.63 Å². The summed E-state index contributed by atoms with van der Waals surface area (Å²) in [7, 11) is 1.58. The van der Waals surface area contributed by atoms with Crippen LogP contribution in [0.4, 0.5) is 0 Å². The number of ether oxygens (including phenoxy) is 3. The lowest BCUT2D eigenvalue weighted by molar-refractivity contribution is -0.0479. The van der Waals surface area contributed by atoms with Crippen molar-refractivity contribution < 1.29 is 23.4 Å². The molecule has 2 aliphatic heterocycles. The predicted octanol–water partition coefficient (Wildman–Crippen LogP) is 1.38. The molecule has 1 aromatic heterocycles. The first kappa shape index (κ1) is 18.1. The lowest BCUT2D eigenvalue weighted by atomic mass is 9.95. The zero-order valence-corrected chi connectivity index (χ0v) is 14.7. The number of carbonyl (C=O) groups excluding carboxylic acids is 1. The molecule has 3 rings (SSSR count). The minimum atomic E-state index is -0.583. The van der Waals surface area contributed by atoms with E-state index in [1.807, 2.05) is 6.07 Å². The Bertz CT molecular complexity index is 664. The minimum absolute atomic E-state index is 0.0668. The molecule has 2 saturated heterocycles. The summed E-state index contributed by atoms with van der Waals surface area (Å²) in [6.45, 7) is 4.08. The Labute approximate surface area is 146 Å². The smallest absolute Gasteiger partial charge is 0.349 e. The lowest BCUT2D eigenvalue weighted by Crippen LogP contribution is -2.50. The first-order chi connectivity index (χ1) is 12.1. The van der Waals surface area contributed by atoms with Crippen molar-refractivity contribution in [3.8, 4) is 0 Å². The van der Waals surface area contributed by atoms with Crippen molar-refractivity contribution in [2.24, 2.45) is 0 Å². The Kier molecular flexibility index (Phi) is 5.88. The van der Waals surface area contributed by atoms with E-state index in [1.54, 1.807) is 14.0 Å². The zero-order chi connectivity index (χ0) is 17.8. The molecule has 1 aromatic rings. The zero-order valence-electron chi connectivity index (χ0n) is 14.7. The Morgan fingerprint density at radius 1 is 1.20 bits per heavy atom. The van der Waals surface area contributed by atoms with E-state index >= 15 is 0 Å². The van der Waals surface area contributed by atoms with Crippen LogP contribution in [0, 0.1) is 6.92 Å². The fourth-order valence-corrected chi connectivity index (χ4v) is 3.44. The fraction of sp³-hybridized carbons (Fsp3) is 0.667. The summed E-state index contributed by atoms with van der Waals surface area (Å²) in [5.41, 5.74) is 0.119. The van der Waals surface area contributed by atoms with E-state index in [9.17, 15) is 9.59 Å². The van der Waals surface area contributed by atoms with Crippen molar-refractivity contribution in [1.82, 2.24) is 5.32 Å². The van der Waals surface area contributed by atoms with Gasteiger partial charge in [0.05, 0.1) is 12.6 Å². The highest BCUT2D eigenvalue weighted by Gasteiger charge is 2.29. The van der Waals surface area contributed by atoms with Crippen LogP contribution in [-0.4, -0.2) is 51.6 Å². The van der Waals surface area contributed by atoms with E-state index in [2.05, 4.69) is 5.32 Å². The predicted molar refractivity (Wildman–Crippen MR) is 90.0 cm³/mol. The van der Waals surface area contributed by atoms with Crippen LogP contribution < -0.4 is 10.9 Å². The topological polar surface area (TPSA) is 87.0 Å². The average Bonchev–Trinajstić information content (AvgIpc) is 2.62. The van der Waals surface area contributed by atoms with Gasteiger partial charge in [-0.15, -0.1) is 0 Å². The molecule has 0 radical (unpaired) electrons. The number of nitrogens with one attached hydrogen (secondary N) is 1. The minimum Gasteiger partial charge on any atom is -0.427 e. The second kappa shape index (κ2) is 8.12.